The van der Waals surface area contributed by atoms with Crippen LogP contribution in [-0.4, -0.2) is 41.7 Å². The highest BCUT2D eigenvalue weighted by Crippen LogP contribution is 2.27. The number of hydrogen-bond donors (Lipinski definition) is 0. The highest BCUT2D eigenvalue weighted by molar-refractivity contribution is 7.91. The van der Waals surface area contributed by atoms with E-state index in [1.165, 1.54) is 12.1 Å². The van der Waals surface area contributed by atoms with E-state index >= 15 is 0 Å². The average molecular weight is 371 g/mol. The van der Waals surface area contributed by atoms with Gasteiger partial charge in [-0.2, -0.15) is 0 Å². The highest BCUT2D eigenvalue weighted by Gasteiger charge is 2.32. The van der Waals surface area contributed by atoms with Crippen LogP contribution in [0.1, 0.15) is 23.8 Å². The van der Waals surface area contributed by atoms with E-state index in [0.717, 1.165) is 5.56 Å². The first-order valence-corrected chi connectivity index (χ1v) is 9.76. The average Bonchev–Trinajstić information content (AvgIpc) is 3.04. The molecule has 0 N–H and O–H groups in total. The molecule has 6 nitrogen and oxygen atoms in total. The predicted octanol–water partition coefficient (Wildman–Crippen LogP) is 2.34. The lowest BCUT2D eigenvalue weighted by atomic mass is 10.1. The van der Waals surface area contributed by atoms with E-state index in [9.17, 15) is 12.8 Å². The molecule has 1 fully saturated rings. The molecule has 9 heteroatoms. The maximum atomic E-state index is 12.9. The Morgan fingerprint density at radius 3 is 2.75 bits per heavy atom. The third-order valence-corrected chi connectivity index (χ3v) is 6.01. The summed E-state index contributed by atoms with van der Waals surface area (Å²) in [6, 6.07) is 6.29. The predicted molar refractivity (Wildman–Crippen MR) is 89.2 cm³/mol. The van der Waals surface area contributed by atoms with Crippen molar-refractivity contribution in [2.24, 2.45) is 0 Å². The summed E-state index contributed by atoms with van der Waals surface area (Å²) in [5.74, 6) is 0.123. The molecule has 0 radical (unpaired) electrons. The van der Waals surface area contributed by atoms with Crippen LogP contribution in [0.3, 0.4) is 0 Å². The molecule has 1 atom stereocenters. The first kappa shape index (κ1) is 17.2. The number of aromatic nitrogens is 2. The van der Waals surface area contributed by atoms with Crippen LogP contribution < -0.4 is 0 Å². The van der Waals surface area contributed by atoms with Gasteiger partial charge in [-0.15, -0.1) is 5.10 Å². The molecule has 0 spiro atoms. The van der Waals surface area contributed by atoms with Crippen LogP contribution in [0.25, 0.3) is 0 Å². The first-order chi connectivity index (χ1) is 11.3. The number of benzene rings is 1. The van der Waals surface area contributed by atoms with Crippen molar-refractivity contribution in [3.8, 4) is 0 Å². The topological polar surface area (TPSA) is 68.3 Å². The summed E-state index contributed by atoms with van der Waals surface area (Å²) < 4.78 is 43.1. The number of halogens is 1. The van der Waals surface area contributed by atoms with Crippen LogP contribution in [-0.2, 0) is 23.1 Å². The molecule has 2 heterocycles. The minimum atomic E-state index is -3.00. The molecule has 0 saturated carbocycles. The molecule has 1 aromatic carbocycles. The molecule has 130 valence electrons. The molecule has 1 aromatic heterocycles. The molecule has 1 saturated heterocycles. The summed E-state index contributed by atoms with van der Waals surface area (Å²) in [5.41, 5.74) is 0.969. The van der Waals surface area contributed by atoms with Crippen molar-refractivity contribution in [2.75, 3.05) is 18.6 Å². The maximum absolute atomic E-state index is 12.9. The summed E-state index contributed by atoms with van der Waals surface area (Å²) in [5, 5.41) is 4.33. The van der Waals surface area contributed by atoms with E-state index in [1.807, 2.05) is 11.9 Å². The van der Waals surface area contributed by atoms with E-state index in [4.69, 9.17) is 16.6 Å². The van der Waals surface area contributed by atoms with Gasteiger partial charge in [0.15, 0.2) is 9.84 Å². The SMILES string of the molecule is CN(Cc1ccc(F)cc1)Cn1nc([C@H]2CCS(=O)(=O)C2)oc1=S. The molecule has 0 unspecified atom stereocenters. The van der Waals surface area contributed by atoms with E-state index < -0.39 is 9.84 Å². The molecule has 2 aromatic rings. The number of rotatable bonds is 5. The van der Waals surface area contributed by atoms with Crippen LogP contribution in [0.15, 0.2) is 28.7 Å². The highest BCUT2D eigenvalue weighted by atomic mass is 32.2. The van der Waals surface area contributed by atoms with Gasteiger partial charge in [-0.25, -0.2) is 17.5 Å². The van der Waals surface area contributed by atoms with Gasteiger partial charge in [0, 0.05) is 6.54 Å². The molecule has 0 amide bonds. The van der Waals surface area contributed by atoms with E-state index in [1.54, 1.807) is 16.8 Å². The minimum Gasteiger partial charge on any atom is -0.414 e. The Balaban J connectivity index is 1.67. The lowest BCUT2D eigenvalue weighted by molar-refractivity contribution is 0.240. The summed E-state index contributed by atoms with van der Waals surface area (Å²) in [6.07, 6.45) is 0.517. The van der Waals surface area contributed by atoms with E-state index in [2.05, 4.69) is 5.10 Å². The van der Waals surface area contributed by atoms with Crippen molar-refractivity contribution < 1.29 is 17.2 Å². The van der Waals surface area contributed by atoms with Gasteiger partial charge in [0.2, 0.25) is 5.89 Å². The lowest BCUT2D eigenvalue weighted by Gasteiger charge is -2.15. The number of nitrogens with zero attached hydrogens (tertiary/aromatic N) is 3. The zero-order chi connectivity index (χ0) is 17.3. The van der Waals surface area contributed by atoms with Gasteiger partial charge in [0.25, 0.3) is 4.84 Å². The maximum Gasteiger partial charge on any atom is 0.288 e. The Bertz CT molecular complexity index is 874. The van der Waals surface area contributed by atoms with Gasteiger partial charge in [-0.05, 0) is 43.4 Å². The Labute approximate surface area is 144 Å². The summed E-state index contributed by atoms with van der Waals surface area (Å²) in [7, 11) is -1.11. The second-order valence-corrected chi connectivity index (χ2v) is 8.67. The van der Waals surface area contributed by atoms with Gasteiger partial charge in [-0.1, -0.05) is 12.1 Å². The second-order valence-electron chi connectivity index (χ2n) is 6.09. The second kappa shape index (κ2) is 6.73. The Kier molecular flexibility index (Phi) is 4.84. The van der Waals surface area contributed by atoms with Gasteiger partial charge < -0.3 is 4.42 Å². The Morgan fingerprint density at radius 1 is 1.42 bits per heavy atom. The number of hydrogen-bond acceptors (Lipinski definition) is 6. The van der Waals surface area contributed by atoms with Gasteiger partial charge in [0.05, 0.1) is 24.1 Å². The van der Waals surface area contributed by atoms with Crippen molar-refractivity contribution >= 4 is 22.1 Å². The standard InChI is InChI=1S/C15H18FN3O3S2/c1-18(8-11-2-4-13(16)5-3-11)10-19-15(23)22-14(17-19)12-6-7-24(20,21)9-12/h2-5,12H,6-10H2,1H3/t12-/m0/s1. The largest absolute Gasteiger partial charge is 0.414 e. The van der Waals surface area contributed by atoms with Crippen LogP contribution in [0, 0.1) is 10.7 Å². The van der Waals surface area contributed by atoms with Gasteiger partial charge >= 0.3 is 0 Å². The van der Waals surface area contributed by atoms with E-state index in [-0.39, 0.29) is 28.1 Å². The van der Waals surface area contributed by atoms with Gasteiger partial charge in [-0.3, -0.25) is 4.90 Å². The fraction of sp³-hybridized carbons (Fsp3) is 0.467. The molecular weight excluding hydrogens is 353 g/mol. The van der Waals surface area contributed by atoms with Crippen molar-refractivity contribution in [2.45, 2.75) is 25.6 Å². The fourth-order valence-corrected chi connectivity index (χ4v) is 4.66. The smallest absolute Gasteiger partial charge is 0.288 e. The zero-order valence-corrected chi connectivity index (χ0v) is 14.8. The molecular formula is C15H18FN3O3S2. The summed E-state index contributed by atoms with van der Waals surface area (Å²) in [4.78, 5) is 2.18. The quantitative estimate of drug-likeness (QED) is 0.752. The molecule has 1 aliphatic rings. The monoisotopic (exact) mass is 371 g/mol. The van der Waals surface area contributed by atoms with Crippen LogP contribution in [0.4, 0.5) is 4.39 Å². The minimum absolute atomic E-state index is 0.0632. The molecule has 3 rings (SSSR count). The Morgan fingerprint density at radius 2 is 2.12 bits per heavy atom. The summed E-state index contributed by atoms with van der Waals surface area (Å²) >= 11 is 5.17. The molecule has 0 bridgehead atoms. The number of sulfone groups is 1. The van der Waals surface area contributed by atoms with Crippen molar-refractivity contribution in [1.29, 1.82) is 0 Å². The van der Waals surface area contributed by atoms with Gasteiger partial charge in [0.1, 0.15) is 5.82 Å². The van der Waals surface area contributed by atoms with E-state index in [0.29, 0.717) is 25.5 Å². The fourth-order valence-electron chi connectivity index (χ4n) is 2.75. The first-order valence-electron chi connectivity index (χ1n) is 7.54. The molecule has 0 aliphatic carbocycles. The zero-order valence-electron chi connectivity index (χ0n) is 13.2. The lowest BCUT2D eigenvalue weighted by Crippen LogP contribution is -2.22. The molecule has 1 aliphatic heterocycles. The Hall–Kier alpha value is -1.58. The third-order valence-electron chi connectivity index (χ3n) is 3.94. The normalized spacial score (nSPS) is 19.9. The van der Waals surface area contributed by atoms with Crippen molar-refractivity contribution in [3.05, 3.63) is 46.4 Å². The summed E-state index contributed by atoms with van der Waals surface area (Å²) in [6.45, 7) is 1.00. The van der Waals surface area contributed by atoms with Crippen LogP contribution in [0.2, 0.25) is 0 Å². The third kappa shape index (κ3) is 4.08. The van der Waals surface area contributed by atoms with Crippen LogP contribution in [0.5, 0.6) is 0 Å². The molecule has 24 heavy (non-hydrogen) atoms. The van der Waals surface area contributed by atoms with Crippen molar-refractivity contribution in [1.82, 2.24) is 14.7 Å². The van der Waals surface area contributed by atoms with Crippen molar-refractivity contribution in [3.63, 3.8) is 0 Å². The van der Waals surface area contributed by atoms with Crippen LogP contribution >= 0.6 is 12.2 Å².